The van der Waals surface area contributed by atoms with E-state index in [1.807, 2.05) is 55.5 Å². The number of hydrogen-bond acceptors (Lipinski definition) is 5. The first kappa shape index (κ1) is 20.2. The summed E-state index contributed by atoms with van der Waals surface area (Å²) in [6, 6.07) is 15.9. The second kappa shape index (κ2) is 9.11. The van der Waals surface area contributed by atoms with E-state index in [0.717, 1.165) is 28.9 Å². The number of methoxy groups -OCH3 is 1. The van der Waals surface area contributed by atoms with E-state index in [4.69, 9.17) is 14.2 Å². The van der Waals surface area contributed by atoms with Gasteiger partial charge in [-0.1, -0.05) is 43.3 Å². The van der Waals surface area contributed by atoms with Crippen LogP contribution in [0.25, 0.3) is 11.1 Å². The Morgan fingerprint density at radius 2 is 1.61 bits per heavy atom. The van der Waals surface area contributed by atoms with Crippen LogP contribution in [-0.4, -0.2) is 31.1 Å². The summed E-state index contributed by atoms with van der Waals surface area (Å²) in [6.45, 7) is 2.31. The van der Waals surface area contributed by atoms with Crippen LogP contribution < -0.4 is 4.74 Å². The Hall–Kier alpha value is -2.53. The Morgan fingerprint density at radius 1 is 1.04 bits per heavy atom. The number of aliphatic hydroxyl groups is 1. The third-order valence-corrected chi connectivity index (χ3v) is 5.29. The molecule has 2 aromatic carbocycles. The maximum Gasteiger partial charge on any atom is 0.508 e. The number of carbonyl (C=O) groups is 1. The van der Waals surface area contributed by atoms with E-state index in [1.54, 1.807) is 7.11 Å². The maximum absolute atomic E-state index is 11.6. The molecule has 0 radical (unpaired) electrons. The van der Waals surface area contributed by atoms with Crippen molar-refractivity contribution >= 4 is 6.16 Å². The van der Waals surface area contributed by atoms with Crippen LogP contribution in [0.15, 0.2) is 48.5 Å². The lowest BCUT2D eigenvalue weighted by Gasteiger charge is -2.36. The van der Waals surface area contributed by atoms with Crippen LogP contribution in [0.2, 0.25) is 0 Å². The first-order valence-electron chi connectivity index (χ1n) is 9.85. The van der Waals surface area contributed by atoms with E-state index in [2.05, 4.69) is 0 Å². The molecule has 0 amide bonds. The van der Waals surface area contributed by atoms with Crippen molar-refractivity contribution in [3.63, 3.8) is 0 Å². The van der Waals surface area contributed by atoms with Crippen LogP contribution in [0.5, 0.6) is 5.75 Å². The van der Waals surface area contributed by atoms with Crippen molar-refractivity contribution in [3.8, 4) is 16.9 Å². The molecule has 0 aromatic heterocycles. The molecule has 2 aromatic rings. The van der Waals surface area contributed by atoms with Gasteiger partial charge in [-0.05, 0) is 60.9 Å². The van der Waals surface area contributed by atoms with E-state index in [9.17, 15) is 9.90 Å². The van der Waals surface area contributed by atoms with Gasteiger partial charge >= 0.3 is 6.16 Å². The Labute approximate surface area is 166 Å². The second-order valence-corrected chi connectivity index (χ2v) is 7.25. The van der Waals surface area contributed by atoms with Crippen LogP contribution >= 0.6 is 0 Å². The molecule has 1 fully saturated rings. The smallest absolute Gasteiger partial charge is 0.497 e. The Morgan fingerprint density at radius 3 is 2.14 bits per heavy atom. The number of ether oxygens (including phenoxy) is 3. The van der Waals surface area contributed by atoms with Crippen LogP contribution in [0.1, 0.15) is 44.6 Å². The molecule has 0 saturated heterocycles. The Bertz CT molecular complexity index is 759. The van der Waals surface area contributed by atoms with Gasteiger partial charge in [0.2, 0.25) is 0 Å². The average Bonchev–Trinajstić information content (AvgIpc) is 2.74. The average molecular weight is 384 g/mol. The highest BCUT2D eigenvalue weighted by atomic mass is 16.7. The fourth-order valence-corrected chi connectivity index (χ4v) is 3.59. The van der Waals surface area contributed by atoms with Crippen molar-refractivity contribution in [2.24, 2.45) is 0 Å². The van der Waals surface area contributed by atoms with Crippen LogP contribution in [0.3, 0.4) is 0 Å². The summed E-state index contributed by atoms with van der Waals surface area (Å²) in [6.07, 6.45) is 2.33. The Kier molecular flexibility index (Phi) is 6.57. The van der Waals surface area contributed by atoms with E-state index in [1.165, 1.54) is 0 Å². The number of rotatable bonds is 6. The molecule has 1 N–H and O–H groups in total. The summed E-state index contributed by atoms with van der Waals surface area (Å²) in [5.41, 5.74) is 2.20. The summed E-state index contributed by atoms with van der Waals surface area (Å²) in [5.74, 6) is 0.826. The normalized spacial score (nSPS) is 21.8. The molecule has 0 heterocycles. The van der Waals surface area contributed by atoms with Crippen LogP contribution in [-0.2, 0) is 15.1 Å². The summed E-state index contributed by atoms with van der Waals surface area (Å²) in [5, 5.41) is 11.1. The molecule has 0 aliphatic heterocycles. The van der Waals surface area contributed by atoms with Gasteiger partial charge in [-0.3, -0.25) is 0 Å². The number of carbonyl (C=O) groups excluding carboxylic acids is 1. The molecule has 0 bridgehead atoms. The van der Waals surface area contributed by atoms with Gasteiger partial charge in [0.15, 0.2) is 0 Å². The van der Waals surface area contributed by atoms with Gasteiger partial charge in [0.05, 0.1) is 19.3 Å². The Balaban J connectivity index is 1.60. The quantitative estimate of drug-likeness (QED) is 0.706. The fourth-order valence-electron chi connectivity index (χ4n) is 3.59. The molecular formula is C23H28O5. The van der Waals surface area contributed by atoms with Crippen molar-refractivity contribution in [2.75, 3.05) is 13.7 Å². The summed E-state index contributed by atoms with van der Waals surface area (Å²) < 4.78 is 15.5. The van der Waals surface area contributed by atoms with E-state index in [0.29, 0.717) is 32.3 Å². The number of hydrogen-bond donors (Lipinski definition) is 1. The lowest BCUT2D eigenvalue weighted by molar-refractivity contribution is -0.0536. The molecule has 0 spiro atoms. The predicted molar refractivity (Wildman–Crippen MR) is 107 cm³/mol. The zero-order chi connectivity index (χ0) is 20.0. The van der Waals surface area contributed by atoms with Gasteiger partial charge in [-0.2, -0.15) is 0 Å². The van der Waals surface area contributed by atoms with Crippen LogP contribution in [0, 0.1) is 0 Å². The third kappa shape index (κ3) is 4.84. The van der Waals surface area contributed by atoms with Crippen molar-refractivity contribution < 1.29 is 24.1 Å². The highest BCUT2D eigenvalue weighted by Gasteiger charge is 2.36. The van der Waals surface area contributed by atoms with Crippen molar-refractivity contribution in [1.82, 2.24) is 0 Å². The SMILES string of the molecule is CCCOC(=O)OC1CCC(O)(c2ccc(-c3ccc(OC)cc3)cc2)CC1. The van der Waals surface area contributed by atoms with Gasteiger partial charge < -0.3 is 19.3 Å². The van der Waals surface area contributed by atoms with Gasteiger partial charge in [-0.25, -0.2) is 4.79 Å². The minimum atomic E-state index is -0.883. The molecule has 1 aliphatic carbocycles. The zero-order valence-electron chi connectivity index (χ0n) is 16.5. The molecule has 5 heteroatoms. The predicted octanol–water partition coefficient (Wildman–Crippen LogP) is 5.06. The highest BCUT2D eigenvalue weighted by molar-refractivity contribution is 5.64. The first-order chi connectivity index (χ1) is 13.5. The van der Waals surface area contributed by atoms with Crippen LogP contribution in [0.4, 0.5) is 4.79 Å². The minimum Gasteiger partial charge on any atom is -0.497 e. The molecule has 0 atom stereocenters. The van der Waals surface area contributed by atoms with Gasteiger partial charge in [-0.15, -0.1) is 0 Å². The standard InChI is InChI=1S/C23H28O5/c1-3-16-27-22(24)28-21-12-14-23(25,15-13-21)19-8-4-17(5-9-19)18-6-10-20(26-2)11-7-18/h4-11,21,25H,3,12-16H2,1-2H3. The fraction of sp³-hybridized carbons (Fsp3) is 0.435. The molecular weight excluding hydrogens is 356 g/mol. The maximum atomic E-state index is 11.6. The van der Waals surface area contributed by atoms with E-state index < -0.39 is 11.8 Å². The lowest BCUT2D eigenvalue weighted by Crippen LogP contribution is -2.35. The third-order valence-electron chi connectivity index (χ3n) is 5.29. The largest absolute Gasteiger partial charge is 0.508 e. The summed E-state index contributed by atoms with van der Waals surface area (Å²) >= 11 is 0. The molecule has 3 rings (SSSR count). The monoisotopic (exact) mass is 384 g/mol. The lowest BCUT2D eigenvalue weighted by atomic mass is 9.78. The van der Waals surface area contributed by atoms with E-state index in [-0.39, 0.29) is 6.10 Å². The topological polar surface area (TPSA) is 65.0 Å². The summed E-state index contributed by atoms with van der Waals surface area (Å²) in [7, 11) is 1.65. The zero-order valence-corrected chi connectivity index (χ0v) is 16.5. The molecule has 1 saturated carbocycles. The van der Waals surface area contributed by atoms with Crippen molar-refractivity contribution in [2.45, 2.75) is 50.7 Å². The second-order valence-electron chi connectivity index (χ2n) is 7.25. The summed E-state index contributed by atoms with van der Waals surface area (Å²) in [4.78, 5) is 11.6. The molecule has 0 unspecified atom stereocenters. The minimum absolute atomic E-state index is 0.191. The van der Waals surface area contributed by atoms with Gasteiger partial charge in [0.1, 0.15) is 11.9 Å². The molecule has 1 aliphatic rings. The first-order valence-corrected chi connectivity index (χ1v) is 9.85. The van der Waals surface area contributed by atoms with Gasteiger partial charge in [0, 0.05) is 0 Å². The molecule has 5 nitrogen and oxygen atoms in total. The molecule has 150 valence electrons. The highest BCUT2D eigenvalue weighted by Crippen LogP contribution is 2.38. The molecule has 28 heavy (non-hydrogen) atoms. The van der Waals surface area contributed by atoms with Crippen molar-refractivity contribution in [3.05, 3.63) is 54.1 Å². The number of benzene rings is 2. The van der Waals surface area contributed by atoms with Crippen molar-refractivity contribution in [1.29, 1.82) is 0 Å². The van der Waals surface area contributed by atoms with E-state index >= 15 is 0 Å². The van der Waals surface area contributed by atoms with Gasteiger partial charge in [0.25, 0.3) is 0 Å².